The second-order valence-electron chi connectivity index (χ2n) is 5.49. The fourth-order valence-corrected chi connectivity index (χ4v) is 2.51. The fraction of sp³-hybridized carbons (Fsp3) is 0.211. The van der Waals surface area contributed by atoms with Gasteiger partial charge in [0.15, 0.2) is 0 Å². The molecule has 0 fully saturated rings. The van der Waals surface area contributed by atoms with Crippen molar-refractivity contribution in [1.29, 1.82) is 5.26 Å². The van der Waals surface area contributed by atoms with E-state index in [-0.39, 0.29) is 24.8 Å². The maximum atomic E-state index is 12.1. The lowest BCUT2D eigenvalue weighted by Crippen LogP contribution is -2.31. The summed E-state index contributed by atoms with van der Waals surface area (Å²) in [5.74, 6) is -0.391. The van der Waals surface area contributed by atoms with Gasteiger partial charge < -0.3 is 10.2 Å². The number of nitrogens with one attached hydrogen (secondary N) is 1. The van der Waals surface area contributed by atoms with Crippen LogP contribution in [0.3, 0.4) is 0 Å². The number of nitriles is 1. The highest BCUT2D eigenvalue weighted by Gasteiger charge is 2.14. The van der Waals surface area contributed by atoms with Gasteiger partial charge in [0, 0.05) is 31.5 Å². The first kappa shape index (κ1) is 18.5. The molecule has 0 saturated carbocycles. The average Bonchev–Trinajstić information content (AvgIpc) is 2.60. The molecular weight excluding hydrogens is 338 g/mol. The molecule has 0 aliphatic heterocycles. The number of nitrogens with zero attached hydrogens (tertiary/aromatic N) is 2. The second kappa shape index (κ2) is 8.86. The van der Waals surface area contributed by atoms with Crippen LogP contribution >= 0.6 is 11.6 Å². The summed E-state index contributed by atoms with van der Waals surface area (Å²) in [7, 11) is 0. The molecule has 0 aliphatic carbocycles. The zero-order valence-corrected chi connectivity index (χ0v) is 14.6. The smallest absolute Gasteiger partial charge is 0.226 e. The van der Waals surface area contributed by atoms with Gasteiger partial charge in [-0.2, -0.15) is 5.26 Å². The zero-order valence-electron chi connectivity index (χ0n) is 13.8. The first-order valence-corrected chi connectivity index (χ1v) is 8.17. The zero-order chi connectivity index (χ0) is 18.2. The molecule has 0 saturated heterocycles. The average molecular weight is 356 g/mol. The van der Waals surface area contributed by atoms with Crippen LogP contribution in [0.4, 0.5) is 5.69 Å². The number of anilines is 1. The molecule has 0 aromatic heterocycles. The minimum atomic E-state index is -0.256. The summed E-state index contributed by atoms with van der Waals surface area (Å²) in [6, 6.07) is 16.1. The standard InChI is InChI=1S/C19H18ClN3O2/c1-14(24)23(13-16-7-2-4-8-17(16)20)11-10-19(25)22-18-9-5-3-6-15(18)12-21/h2-9H,10-11,13H2,1H3,(H,22,25). The molecule has 6 heteroatoms. The fourth-order valence-electron chi connectivity index (χ4n) is 2.32. The van der Waals surface area contributed by atoms with Crippen molar-refractivity contribution in [2.75, 3.05) is 11.9 Å². The third kappa shape index (κ3) is 5.33. The van der Waals surface area contributed by atoms with Crippen molar-refractivity contribution >= 4 is 29.1 Å². The Bertz CT molecular complexity index is 814. The molecule has 0 radical (unpaired) electrons. The lowest BCUT2D eigenvalue weighted by Gasteiger charge is -2.21. The summed E-state index contributed by atoms with van der Waals surface area (Å²) in [4.78, 5) is 25.5. The van der Waals surface area contributed by atoms with E-state index in [1.807, 2.05) is 24.3 Å². The third-order valence-electron chi connectivity index (χ3n) is 3.69. The number of carbonyl (C=O) groups excluding carboxylic acids is 2. The Morgan fingerprint density at radius 2 is 1.84 bits per heavy atom. The Kier molecular flexibility index (Phi) is 6.55. The topological polar surface area (TPSA) is 73.2 Å². The van der Waals surface area contributed by atoms with Crippen molar-refractivity contribution in [1.82, 2.24) is 4.90 Å². The van der Waals surface area contributed by atoms with E-state index in [0.29, 0.717) is 22.8 Å². The van der Waals surface area contributed by atoms with Crippen LogP contribution in [0.15, 0.2) is 48.5 Å². The number of benzene rings is 2. The maximum absolute atomic E-state index is 12.1. The second-order valence-corrected chi connectivity index (χ2v) is 5.89. The molecule has 128 valence electrons. The highest BCUT2D eigenvalue weighted by Crippen LogP contribution is 2.18. The van der Waals surface area contributed by atoms with Gasteiger partial charge in [-0.3, -0.25) is 9.59 Å². The molecule has 0 aliphatic rings. The van der Waals surface area contributed by atoms with Gasteiger partial charge in [-0.1, -0.05) is 41.9 Å². The molecule has 25 heavy (non-hydrogen) atoms. The highest BCUT2D eigenvalue weighted by atomic mass is 35.5. The first-order chi connectivity index (χ1) is 12.0. The number of rotatable bonds is 6. The predicted octanol–water partition coefficient (Wildman–Crippen LogP) is 3.59. The number of halogens is 1. The van der Waals surface area contributed by atoms with Crippen LogP contribution in [0.5, 0.6) is 0 Å². The first-order valence-electron chi connectivity index (χ1n) is 7.79. The summed E-state index contributed by atoms with van der Waals surface area (Å²) in [5.41, 5.74) is 1.69. The van der Waals surface area contributed by atoms with Gasteiger partial charge in [0.05, 0.1) is 11.3 Å². The van der Waals surface area contributed by atoms with Crippen molar-refractivity contribution < 1.29 is 9.59 Å². The summed E-state index contributed by atoms with van der Waals surface area (Å²) in [6.45, 7) is 2.07. The van der Waals surface area contributed by atoms with E-state index in [9.17, 15) is 9.59 Å². The molecule has 2 aromatic carbocycles. The van der Waals surface area contributed by atoms with E-state index in [1.165, 1.54) is 6.92 Å². The van der Waals surface area contributed by atoms with Crippen LogP contribution in [-0.2, 0) is 16.1 Å². The molecule has 2 rings (SSSR count). The molecule has 2 aromatic rings. The lowest BCUT2D eigenvalue weighted by molar-refractivity contribution is -0.129. The van der Waals surface area contributed by atoms with E-state index >= 15 is 0 Å². The molecule has 2 amide bonds. The quantitative estimate of drug-likeness (QED) is 0.860. The van der Waals surface area contributed by atoms with E-state index in [2.05, 4.69) is 5.32 Å². The van der Waals surface area contributed by atoms with E-state index < -0.39 is 0 Å². The lowest BCUT2D eigenvalue weighted by atomic mass is 10.2. The van der Waals surface area contributed by atoms with E-state index in [1.54, 1.807) is 35.2 Å². The van der Waals surface area contributed by atoms with Gasteiger partial charge >= 0.3 is 0 Å². The Hall–Kier alpha value is -2.84. The third-order valence-corrected chi connectivity index (χ3v) is 4.06. The monoisotopic (exact) mass is 355 g/mol. The molecular formula is C19H18ClN3O2. The van der Waals surface area contributed by atoms with Crippen molar-refractivity contribution in [3.05, 3.63) is 64.7 Å². The number of carbonyl (C=O) groups is 2. The predicted molar refractivity (Wildman–Crippen MR) is 96.9 cm³/mol. The Balaban J connectivity index is 1.97. The van der Waals surface area contributed by atoms with Gasteiger partial charge in [0.25, 0.3) is 0 Å². The molecule has 5 nitrogen and oxygen atoms in total. The Morgan fingerprint density at radius 1 is 1.16 bits per heavy atom. The molecule has 0 spiro atoms. The summed E-state index contributed by atoms with van der Waals surface area (Å²) in [6.07, 6.45) is 0.129. The van der Waals surface area contributed by atoms with Crippen LogP contribution in [0.2, 0.25) is 5.02 Å². The minimum absolute atomic E-state index is 0.129. The maximum Gasteiger partial charge on any atom is 0.226 e. The van der Waals surface area contributed by atoms with Gasteiger partial charge in [0.2, 0.25) is 11.8 Å². The number of hydrogen-bond acceptors (Lipinski definition) is 3. The van der Waals surface area contributed by atoms with Crippen molar-refractivity contribution in [3.63, 3.8) is 0 Å². The van der Waals surface area contributed by atoms with Crippen LogP contribution < -0.4 is 5.32 Å². The largest absolute Gasteiger partial charge is 0.338 e. The molecule has 0 bridgehead atoms. The Morgan fingerprint density at radius 3 is 2.52 bits per heavy atom. The van der Waals surface area contributed by atoms with E-state index in [0.717, 1.165) is 5.56 Å². The van der Waals surface area contributed by atoms with Crippen LogP contribution in [0.25, 0.3) is 0 Å². The summed E-state index contributed by atoms with van der Waals surface area (Å²) >= 11 is 6.13. The van der Waals surface area contributed by atoms with Crippen LogP contribution in [0, 0.1) is 11.3 Å². The molecule has 0 heterocycles. The van der Waals surface area contributed by atoms with E-state index in [4.69, 9.17) is 16.9 Å². The van der Waals surface area contributed by atoms with Gasteiger partial charge in [0.1, 0.15) is 6.07 Å². The number of hydrogen-bond donors (Lipinski definition) is 1. The van der Waals surface area contributed by atoms with Crippen molar-refractivity contribution in [2.24, 2.45) is 0 Å². The number of para-hydroxylation sites is 1. The minimum Gasteiger partial charge on any atom is -0.338 e. The van der Waals surface area contributed by atoms with Crippen molar-refractivity contribution in [2.45, 2.75) is 19.9 Å². The highest BCUT2D eigenvalue weighted by molar-refractivity contribution is 6.31. The van der Waals surface area contributed by atoms with Crippen LogP contribution in [-0.4, -0.2) is 23.3 Å². The molecule has 1 N–H and O–H groups in total. The Labute approximate surface area is 151 Å². The molecule has 0 atom stereocenters. The molecule has 0 unspecified atom stereocenters. The number of amides is 2. The van der Waals surface area contributed by atoms with Gasteiger partial charge in [-0.15, -0.1) is 0 Å². The summed E-state index contributed by atoms with van der Waals surface area (Å²) in [5, 5.41) is 12.3. The summed E-state index contributed by atoms with van der Waals surface area (Å²) < 4.78 is 0. The van der Waals surface area contributed by atoms with Crippen molar-refractivity contribution in [3.8, 4) is 6.07 Å². The van der Waals surface area contributed by atoms with Gasteiger partial charge in [-0.05, 0) is 23.8 Å². The van der Waals surface area contributed by atoms with Crippen LogP contribution in [0.1, 0.15) is 24.5 Å². The van der Waals surface area contributed by atoms with Gasteiger partial charge in [-0.25, -0.2) is 0 Å². The SMILES string of the molecule is CC(=O)N(CCC(=O)Nc1ccccc1C#N)Cc1ccccc1Cl. The normalized spacial score (nSPS) is 9.96.